The minimum atomic E-state index is -0.177. The second kappa shape index (κ2) is 5.85. The summed E-state index contributed by atoms with van der Waals surface area (Å²) in [4.78, 5) is 18.2. The first-order valence-electron chi connectivity index (χ1n) is 7.07. The Labute approximate surface area is 128 Å². The van der Waals surface area contributed by atoms with E-state index in [-0.39, 0.29) is 11.8 Å². The highest BCUT2D eigenvalue weighted by molar-refractivity contribution is 5.95. The van der Waals surface area contributed by atoms with Crippen molar-refractivity contribution in [1.29, 1.82) is 5.26 Å². The van der Waals surface area contributed by atoms with E-state index in [1.54, 1.807) is 22.0 Å². The third kappa shape index (κ3) is 2.76. The molecular weight excluding hydrogens is 280 g/mol. The van der Waals surface area contributed by atoms with E-state index in [0.29, 0.717) is 25.3 Å². The van der Waals surface area contributed by atoms with Gasteiger partial charge in [0.2, 0.25) is 5.91 Å². The van der Waals surface area contributed by atoms with Gasteiger partial charge in [0.25, 0.3) is 0 Å². The van der Waals surface area contributed by atoms with Crippen LogP contribution in [0.15, 0.2) is 30.7 Å². The summed E-state index contributed by atoms with van der Waals surface area (Å²) >= 11 is 0. The molecule has 0 spiro atoms. The number of carbonyl (C=O) groups excluding carboxylic acids is 1. The standard InChI is InChI=1S/C15H16N6O/c1-20-8-12(7-18-20)13-3-2-5-17-14(13)19-15(22)11-4-6-21(9-11)10-16/h2-3,5,7-8,11H,4,6,9H2,1H3,(H,17,19,22)/t11-/m0/s1. The number of rotatable bonds is 3. The van der Waals surface area contributed by atoms with Crippen LogP contribution < -0.4 is 5.32 Å². The Hall–Kier alpha value is -2.88. The minimum Gasteiger partial charge on any atom is -0.310 e. The molecule has 2 aromatic rings. The highest BCUT2D eigenvalue weighted by Gasteiger charge is 2.28. The van der Waals surface area contributed by atoms with Gasteiger partial charge in [0.1, 0.15) is 5.82 Å². The van der Waals surface area contributed by atoms with Gasteiger partial charge in [-0.1, -0.05) is 0 Å². The molecule has 7 nitrogen and oxygen atoms in total. The van der Waals surface area contributed by atoms with E-state index in [9.17, 15) is 4.79 Å². The summed E-state index contributed by atoms with van der Waals surface area (Å²) in [5.74, 6) is 0.251. The van der Waals surface area contributed by atoms with Crippen LogP contribution in [0.5, 0.6) is 0 Å². The molecule has 22 heavy (non-hydrogen) atoms. The van der Waals surface area contributed by atoms with Crippen molar-refractivity contribution in [3.05, 3.63) is 30.7 Å². The number of pyridine rings is 1. The number of hydrogen-bond acceptors (Lipinski definition) is 5. The highest BCUT2D eigenvalue weighted by atomic mass is 16.2. The Kier molecular flexibility index (Phi) is 3.74. The fraction of sp³-hybridized carbons (Fsp3) is 0.333. The summed E-state index contributed by atoms with van der Waals surface area (Å²) in [5, 5.41) is 15.9. The normalized spacial score (nSPS) is 17.3. The summed E-state index contributed by atoms with van der Waals surface area (Å²) < 4.78 is 1.70. The molecule has 1 saturated heterocycles. The molecule has 1 aliphatic heterocycles. The molecule has 3 heterocycles. The van der Waals surface area contributed by atoms with E-state index in [4.69, 9.17) is 5.26 Å². The van der Waals surface area contributed by atoms with Gasteiger partial charge in [-0.15, -0.1) is 0 Å². The van der Waals surface area contributed by atoms with Gasteiger partial charge in [-0.25, -0.2) is 4.98 Å². The van der Waals surface area contributed by atoms with Crippen molar-refractivity contribution in [2.45, 2.75) is 6.42 Å². The van der Waals surface area contributed by atoms with Crippen molar-refractivity contribution in [2.75, 3.05) is 18.4 Å². The second-order valence-electron chi connectivity index (χ2n) is 5.32. The van der Waals surface area contributed by atoms with E-state index >= 15 is 0 Å². The Bertz CT molecular complexity index is 732. The Balaban J connectivity index is 1.79. The number of nitrogens with one attached hydrogen (secondary N) is 1. The zero-order valence-electron chi connectivity index (χ0n) is 12.2. The molecule has 0 radical (unpaired) electrons. The molecule has 7 heteroatoms. The van der Waals surface area contributed by atoms with Crippen molar-refractivity contribution in [3.63, 3.8) is 0 Å². The Morgan fingerprint density at radius 3 is 3.09 bits per heavy atom. The number of likely N-dealkylation sites (tertiary alicyclic amines) is 1. The van der Waals surface area contributed by atoms with Gasteiger partial charge in [-0.2, -0.15) is 10.4 Å². The third-order valence-corrected chi connectivity index (χ3v) is 3.77. The molecule has 1 amide bonds. The van der Waals surface area contributed by atoms with Gasteiger partial charge in [0.05, 0.1) is 12.1 Å². The van der Waals surface area contributed by atoms with Crippen LogP contribution in [0, 0.1) is 17.4 Å². The maximum atomic E-state index is 12.4. The fourth-order valence-electron chi connectivity index (χ4n) is 2.58. The van der Waals surface area contributed by atoms with E-state index in [1.165, 1.54) is 0 Å². The van der Waals surface area contributed by atoms with Gasteiger partial charge in [-0.3, -0.25) is 9.48 Å². The molecule has 0 aliphatic carbocycles. The van der Waals surface area contributed by atoms with Crippen LogP contribution in [-0.2, 0) is 11.8 Å². The van der Waals surface area contributed by atoms with Crippen LogP contribution in [-0.4, -0.2) is 38.7 Å². The third-order valence-electron chi connectivity index (χ3n) is 3.77. The fourth-order valence-corrected chi connectivity index (χ4v) is 2.58. The summed E-state index contributed by atoms with van der Waals surface area (Å²) in [6.45, 7) is 1.10. The SMILES string of the molecule is Cn1cc(-c2cccnc2NC(=O)[C@H]2CCN(C#N)C2)cn1. The summed E-state index contributed by atoms with van der Waals surface area (Å²) in [7, 11) is 1.84. The van der Waals surface area contributed by atoms with Crippen molar-refractivity contribution >= 4 is 11.7 Å². The van der Waals surface area contributed by atoms with Crippen LogP contribution >= 0.6 is 0 Å². The summed E-state index contributed by atoms with van der Waals surface area (Å²) in [5.41, 5.74) is 1.73. The number of amides is 1. The monoisotopic (exact) mass is 296 g/mol. The lowest BCUT2D eigenvalue weighted by Crippen LogP contribution is -2.25. The molecule has 0 aromatic carbocycles. The van der Waals surface area contributed by atoms with E-state index in [0.717, 1.165) is 11.1 Å². The number of aromatic nitrogens is 3. The van der Waals surface area contributed by atoms with Gasteiger partial charge in [-0.05, 0) is 18.6 Å². The highest BCUT2D eigenvalue weighted by Crippen LogP contribution is 2.26. The lowest BCUT2D eigenvalue weighted by atomic mass is 10.1. The minimum absolute atomic E-state index is 0.0957. The number of carbonyl (C=O) groups is 1. The van der Waals surface area contributed by atoms with Crippen LogP contribution in [0.4, 0.5) is 5.82 Å². The average molecular weight is 296 g/mol. The quantitative estimate of drug-likeness (QED) is 0.861. The largest absolute Gasteiger partial charge is 0.310 e. The van der Waals surface area contributed by atoms with Crippen LogP contribution in [0.3, 0.4) is 0 Å². The molecular formula is C15H16N6O. The van der Waals surface area contributed by atoms with Crippen molar-refractivity contribution < 1.29 is 4.79 Å². The van der Waals surface area contributed by atoms with Crippen LogP contribution in [0.25, 0.3) is 11.1 Å². The molecule has 1 aliphatic rings. The van der Waals surface area contributed by atoms with E-state index in [1.807, 2.05) is 25.4 Å². The van der Waals surface area contributed by atoms with Crippen LogP contribution in [0.2, 0.25) is 0 Å². The first kappa shape index (κ1) is 14.1. The number of aryl methyl sites for hydroxylation is 1. The van der Waals surface area contributed by atoms with Crippen molar-refractivity contribution in [3.8, 4) is 17.3 Å². The van der Waals surface area contributed by atoms with Crippen molar-refractivity contribution in [1.82, 2.24) is 19.7 Å². The summed E-state index contributed by atoms with van der Waals surface area (Å²) in [6, 6.07) is 3.72. The van der Waals surface area contributed by atoms with Gasteiger partial charge >= 0.3 is 0 Å². The topological polar surface area (TPSA) is 86.8 Å². The van der Waals surface area contributed by atoms with Gasteiger partial charge < -0.3 is 10.2 Å². The van der Waals surface area contributed by atoms with Gasteiger partial charge in [0.15, 0.2) is 6.19 Å². The average Bonchev–Trinajstić information content (AvgIpc) is 3.16. The Morgan fingerprint density at radius 1 is 1.55 bits per heavy atom. The van der Waals surface area contributed by atoms with E-state index in [2.05, 4.69) is 21.6 Å². The number of hydrogen-bond donors (Lipinski definition) is 1. The molecule has 112 valence electrons. The van der Waals surface area contributed by atoms with Crippen molar-refractivity contribution in [2.24, 2.45) is 13.0 Å². The number of nitriles is 1. The second-order valence-corrected chi connectivity index (χ2v) is 5.32. The van der Waals surface area contributed by atoms with Gasteiger partial charge in [0, 0.05) is 43.7 Å². The maximum absolute atomic E-state index is 12.4. The molecule has 0 saturated carbocycles. The summed E-state index contributed by atoms with van der Waals surface area (Å²) in [6.07, 6.45) is 8.02. The lowest BCUT2D eigenvalue weighted by molar-refractivity contribution is -0.119. The Morgan fingerprint density at radius 2 is 2.41 bits per heavy atom. The smallest absolute Gasteiger partial charge is 0.230 e. The zero-order chi connectivity index (χ0) is 15.5. The zero-order valence-corrected chi connectivity index (χ0v) is 12.2. The number of anilines is 1. The number of nitrogens with zero attached hydrogens (tertiary/aromatic N) is 5. The maximum Gasteiger partial charge on any atom is 0.230 e. The molecule has 0 unspecified atom stereocenters. The lowest BCUT2D eigenvalue weighted by Gasteiger charge is -2.12. The first-order valence-corrected chi connectivity index (χ1v) is 7.07. The first-order chi connectivity index (χ1) is 10.7. The predicted molar refractivity (Wildman–Crippen MR) is 80.4 cm³/mol. The molecule has 1 fully saturated rings. The molecule has 2 aromatic heterocycles. The molecule has 1 N–H and O–H groups in total. The predicted octanol–water partition coefficient (Wildman–Crippen LogP) is 1.22. The molecule has 1 atom stereocenters. The molecule has 0 bridgehead atoms. The molecule has 3 rings (SSSR count). The van der Waals surface area contributed by atoms with E-state index < -0.39 is 0 Å². The van der Waals surface area contributed by atoms with Crippen LogP contribution in [0.1, 0.15) is 6.42 Å².